The number of nitrogens with two attached hydrogens (primary N) is 1. The summed E-state index contributed by atoms with van der Waals surface area (Å²) in [6.07, 6.45) is 0. The van der Waals surface area contributed by atoms with Crippen molar-refractivity contribution in [3.8, 4) is 0 Å². The van der Waals surface area contributed by atoms with Gasteiger partial charge in [0, 0.05) is 38.3 Å². The van der Waals surface area contributed by atoms with Gasteiger partial charge in [-0.25, -0.2) is 4.39 Å². The van der Waals surface area contributed by atoms with Crippen molar-refractivity contribution in [2.24, 2.45) is 5.73 Å². The van der Waals surface area contributed by atoms with Gasteiger partial charge in [0.1, 0.15) is 11.7 Å². The average molecular weight is 250 g/mol. The van der Waals surface area contributed by atoms with Crippen molar-refractivity contribution in [1.29, 1.82) is 5.41 Å². The predicted molar refractivity (Wildman–Crippen MR) is 70.2 cm³/mol. The molecule has 2 rings (SSSR count). The molecule has 0 saturated carbocycles. The number of nitrogens with one attached hydrogen (secondary N) is 1. The first-order valence-corrected chi connectivity index (χ1v) is 6.10. The highest BCUT2D eigenvalue weighted by Gasteiger charge is 2.16. The summed E-state index contributed by atoms with van der Waals surface area (Å²) in [5.74, 6) is -0.416. The Bertz CT molecular complexity index is 439. The Kier molecular flexibility index (Phi) is 3.93. The van der Waals surface area contributed by atoms with Gasteiger partial charge in [0.15, 0.2) is 0 Å². The lowest BCUT2D eigenvalue weighted by atomic mass is 10.1. The summed E-state index contributed by atoms with van der Waals surface area (Å²) in [6, 6.07) is 4.50. The Morgan fingerprint density at radius 3 is 2.61 bits per heavy atom. The second-order valence-electron chi connectivity index (χ2n) is 4.79. The number of benzene rings is 1. The molecule has 0 unspecified atom stereocenters. The molecule has 5 heteroatoms. The summed E-state index contributed by atoms with van der Waals surface area (Å²) in [6.45, 7) is 4.78. The van der Waals surface area contributed by atoms with Gasteiger partial charge < -0.3 is 10.6 Å². The lowest BCUT2D eigenvalue weighted by molar-refractivity contribution is 0.148. The Balaban J connectivity index is 2.11. The van der Waals surface area contributed by atoms with Crippen LogP contribution >= 0.6 is 0 Å². The van der Waals surface area contributed by atoms with E-state index in [1.54, 1.807) is 6.07 Å². The van der Waals surface area contributed by atoms with E-state index in [9.17, 15) is 4.39 Å². The molecule has 98 valence electrons. The van der Waals surface area contributed by atoms with Crippen LogP contribution in [-0.4, -0.2) is 48.9 Å². The smallest absolute Gasteiger partial charge is 0.123 e. The first-order valence-electron chi connectivity index (χ1n) is 6.10. The van der Waals surface area contributed by atoms with Crippen LogP contribution in [0, 0.1) is 11.2 Å². The van der Waals surface area contributed by atoms with Crippen molar-refractivity contribution < 1.29 is 4.39 Å². The third-order valence-corrected chi connectivity index (χ3v) is 3.35. The van der Waals surface area contributed by atoms with Crippen molar-refractivity contribution in [1.82, 2.24) is 9.80 Å². The van der Waals surface area contributed by atoms with Gasteiger partial charge in [0.2, 0.25) is 0 Å². The predicted octanol–water partition coefficient (Wildman–Crippen LogP) is 0.857. The number of likely N-dealkylation sites (N-methyl/N-ethyl adjacent to an activating group) is 1. The largest absolute Gasteiger partial charge is 0.384 e. The Labute approximate surface area is 107 Å². The molecule has 0 amide bonds. The fourth-order valence-corrected chi connectivity index (χ4v) is 2.18. The Hall–Kier alpha value is -1.46. The van der Waals surface area contributed by atoms with Crippen LogP contribution in [0.5, 0.6) is 0 Å². The van der Waals surface area contributed by atoms with Crippen molar-refractivity contribution >= 4 is 5.84 Å². The van der Waals surface area contributed by atoms with Crippen LogP contribution in [0.25, 0.3) is 0 Å². The van der Waals surface area contributed by atoms with Gasteiger partial charge in [0.25, 0.3) is 0 Å². The molecule has 0 aliphatic carbocycles. The summed E-state index contributed by atoms with van der Waals surface area (Å²) in [4.78, 5) is 4.59. The molecule has 1 aliphatic heterocycles. The first-order chi connectivity index (χ1) is 8.56. The van der Waals surface area contributed by atoms with Gasteiger partial charge in [-0.3, -0.25) is 10.3 Å². The topological polar surface area (TPSA) is 56.4 Å². The monoisotopic (exact) mass is 250 g/mol. The lowest BCUT2D eigenvalue weighted by Gasteiger charge is -2.32. The molecular weight excluding hydrogens is 231 g/mol. The van der Waals surface area contributed by atoms with Crippen molar-refractivity contribution in [2.75, 3.05) is 33.2 Å². The van der Waals surface area contributed by atoms with E-state index >= 15 is 0 Å². The standard InChI is InChI=1S/C13H19FN4/c1-17-4-6-18(7-5-17)9-10-2-3-11(14)8-12(10)13(15)16/h2-3,8H,4-7,9H2,1H3,(H3,15,16). The third-order valence-electron chi connectivity index (χ3n) is 3.35. The molecule has 18 heavy (non-hydrogen) atoms. The highest BCUT2D eigenvalue weighted by Crippen LogP contribution is 2.14. The average Bonchev–Trinajstić information content (AvgIpc) is 2.34. The molecular formula is C13H19FN4. The van der Waals surface area contributed by atoms with Crippen molar-refractivity contribution in [3.63, 3.8) is 0 Å². The molecule has 0 atom stereocenters. The van der Waals surface area contributed by atoms with Gasteiger partial charge in [0.05, 0.1) is 0 Å². The number of hydrogen-bond acceptors (Lipinski definition) is 3. The van der Waals surface area contributed by atoms with Crippen LogP contribution < -0.4 is 5.73 Å². The van der Waals surface area contributed by atoms with Crippen LogP contribution in [0.3, 0.4) is 0 Å². The number of halogens is 1. The molecule has 0 aromatic heterocycles. The molecule has 0 radical (unpaired) electrons. The molecule has 1 aromatic rings. The Morgan fingerprint density at radius 2 is 2.00 bits per heavy atom. The maximum absolute atomic E-state index is 13.2. The molecule has 0 bridgehead atoms. The summed E-state index contributed by atoms with van der Waals surface area (Å²) < 4.78 is 13.2. The number of nitrogen functional groups attached to an aromatic ring is 1. The quantitative estimate of drug-likeness (QED) is 0.618. The summed E-state index contributed by atoms with van der Waals surface area (Å²) in [5, 5.41) is 7.51. The summed E-state index contributed by atoms with van der Waals surface area (Å²) >= 11 is 0. The molecule has 1 fully saturated rings. The van der Waals surface area contributed by atoms with Crippen LogP contribution in [0.1, 0.15) is 11.1 Å². The van der Waals surface area contributed by atoms with Crippen molar-refractivity contribution in [3.05, 3.63) is 35.1 Å². The van der Waals surface area contributed by atoms with Crippen LogP contribution in [0.15, 0.2) is 18.2 Å². The van der Waals surface area contributed by atoms with Gasteiger partial charge in [-0.05, 0) is 24.7 Å². The SMILES string of the molecule is CN1CCN(Cc2ccc(F)cc2C(=N)N)CC1. The van der Waals surface area contributed by atoms with E-state index in [0.29, 0.717) is 5.56 Å². The summed E-state index contributed by atoms with van der Waals surface area (Å²) in [5.41, 5.74) is 6.93. The second kappa shape index (κ2) is 5.46. The molecule has 1 aromatic carbocycles. The fourth-order valence-electron chi connectivity index (χ4n) is 2.18. The lowest BCUT2D eigenvalue weighted by Crippen LogP contribution is -2.44. The fraction of sp³-hybridized carbons (Fsp3) is 0.462. The second-order valence-corrected chi connectivity index (χ2v) is 4.79. The van der Waals surface area contributed by atoms with Crippen molar-refractivity contribution in [2.45, 2.75) is 6.54 Å². The van der Waals surface area contributed by atoms with E-state index in [1.165, 1.54) is 12.1 Å². The van der Waals surface area contributed by atoms with E-state index in [0.717, 1.165) is 38.3 Å². The number of hydrogen-bond donors (Lipinski definition) is 2. The van der Waals surface area contributed by atoms with Gasteiger partial charge in [-0.2, -0.15) is 0 Å². The zero-order valence-corrected chi connectivity index (χ0v) is 10.6. The maximum Gasteiger partial charge on any atom is 0.123 e. The highest BCUT2D eigenvalue weighted by atomic mass is 19.1. The zero-order valence-electron chi connectivity index (χ0n) is 10.6. The number of rotatable bonds is 3. The van der Waals surface area contributed by atoms with E-state index in [-0.39, 0.29) is 11.7 Å². The molecule has 1 heterocycles. The number of nitrogens with zero attached hydrogens (tertiary/aromatic N) is 2. The molecule has 0 spiro atoms. The minimum Gasteiger partial charge on any atom is -0.384 e. The van der Waals surface area contributed by atoms with Gasteiger partial charge in [-0.1, -0.05) is 6.07 Å². The Morgan fingerprint density at radius 1 is 1.33 bits per heavy atom. The van der Waals surface area contributed by atoms with E-state index < -0.39 is 0 Å². The molecule has 1 aliphatic rings. The van der Waals surface area contributed by atoms with E-state index in [4.69, 9.17) is 11.1 Å². The minimum absolute atomic E-state index is 0.0707. The van der Waals surface area contributed by atoms with Crippen LogP contribution in [0.2, 0.25) is 0 Å². The third kappa shape index (κ3) is 3.05. The molecule has 1 saturated heterocycles. The zero-order chi connectivity index (χ0) is 13.1. The molecule has 3 N–H and O–H groups in total. The van der Waals surface area contributed by atoms with Crippen LogP contribution in [0.4, 0.5) is 4.39 Å². The normalized spacial score (nSPS) is 17.9. The van der Waals surface area contributed by atoms with Gasteiger partial charge in [-0.15, -0.1) is 0 Å². The number of amidine groups is 1. The summed E-state index contributed by atoms with van der Waals surface area (Å²) in [7, 11) is 2.11. The first kappa shape index (κ1) is 13.0. The van der Waals surface area contributed by atoms with Gasteiger partial charge >= 0.3 is 0 Å². The van der Waals surface area contributed by atoms with E-state index in [1.807, 2.05) is 0 Å². The van der Waals surface area contributed by atoms with Crippen LogP contribution in [-0.2, 0) is 6.54 Å². The molecule has 4 nitrogen and oxygen atoms in total. The number of piperazine rings is 1. The van der Waals surface area contributed by atoms with E-state index in [2.05, 4.69) is 16.8 Å². The maximum atomic E-state index is 13.2. The minimum atomic E-state index is -0.345. The highest BCUT2D eigenvalue weighted by molar-refractivity contribution is 5.96.